The van der Waals surface area contributed by atoms with Gasteiger partial charge in [-0.1, -0.05) is 48.5 Å². The van der Waals surface area contributed by atoms with Crippen molar-refractivity contribution >= 4 is 18.0 Å². The number of alkyl carbamates (subject to hydrolysis) is 1. The number of ether oxygens (including phenoxy) is 2. The number of amides is 2. The molecule has 1 saturated heterocycles. The highest BCUT2D eigenvalue weighted by atomic mass is 16.5. The molecule has 0 aromatic heterocycles. The molecule has 8 nitrogen and oxygen atoms in total. The lowest BCUT2D eigenvalue weighted by Crippen LogP contribution is -2.56. The second-order valence-corrected chi connectivity index (χ2v) is 9.19. The highest BCUT2D eigenvalue weighted by Crippen LogP contribution is 2.54. The number of nitrogens with zero attached hydrogens (tertiary/aromatic N) is 1. The number of carbonyl (C=O) groups is 3. The van der Waals surface area contributed by atoms with Gasteiger partial charge in [-0.15, -0.1) is 0 Å². The molecular weight excluding hydrogens is 436 g/mol. The molecule has 3 atom stereocenters. The van der Waals surface area contributed by atoms with Gasteiger partial charge in [0.2, 0.25) is 0 Å². The number of fused-ring (bicyclic) bond motifs is 4. The van der Waals surface area contributed by atoms with Crippen LogP contribution < -0.4 is 5.32 Å². The lowest BCUT2D eigenvalue weighted by atomic mass is 9.98. The Hall–Kier alpha value is -3.39. The average Bonchev–Trinajstić information content (AvgIpc) is 3.54. The molecule has 3 aliphatic rings. The van der Waals surface area contributed by atoms with Crippen LogP contribution in [0.4, 0.5) is 4.79 Å². The standard InChI is InChI=1S/C26H28N2O6/c1-33-22(23(29)28-12-6-7-16-13-26(16,28)24(30)31)14-27-25(32)34-15-21-19-10-4-2-8-17(19)18-9-3-5-11-20(18)21/h2-5,8-11,16,21-22H,6-7,12-15H2,1H3,(H,27,32)(H,30,31)/t16-,22?,26+/m1/s1. The molecule has 2 fully saturated rings. The molecule has 0 spiro atoms. The topological polar surface area (TPSA) is 105 Å². The van der Waals surface area contributed by atoms with Gasteiger partial charge < -0.3 is 24.8 Å². The summed E-state index contributed by atoms with van der Waals surface area (Å²) in [5, 5.41) is 12.3. The molecule has 0 bridgehead atoms. The SMILES string of the molecule is COC(CNC(=O)OCC1c2ccccc2-c2ccccc21)C(=O)N1CCC[C@@H]2C[C@@]21C(=O)O. The number of rotatable bonds is 7. The Morgan fingerprint density at radius 3 is 2.38 bits per heavy atom. The molecule has 1 unspecified atom stereocenters. The van der Waals surface area contributed by atoms with Gasteiger partial charge in [0.15, 0.2) is 6.10 Å². The number of benzene rings is 2. The molecule has 2 aromatic carbocycles. The summed E-state index contributed by atoms with van der Waals surface area (Å²) in [6.07, 6.45) is 0.432. The molecule has 178 valence electrons. The summed E-state index contributed by atoms with van der Waals surface area (Å²) in [5.74, 6) is -1.44. The van der Waals surface area contributed by atoms with Crippen LogP contribution in [-0.4, -0.2) is 66.4 Å². The number of hydrogen-bond acceptors (Lipinski definition) is 5. The van der Waals surface area contributed by atoms with Crippen molar-refractivity contribution in [2.24, 2.45) is 5.92 Å². The van der Waals surface area contributed by atoms with Gasteiger partial charge in [0.1, 0.15) is 12.1 Å². The first-order chi connectivity index (χ1) is 16.5. The van der Waals surface area contributed by atoms with Gasteiger partial charge >= 0.3 is 12.1 Å². The van der Waals surface area contributed by atoms with Crippen LogP contribution in [0, 0.1) is 5.92 Å². The number of carboxylic acids is 1. The van der Waals surface area contributed by atoms with Crippen LogP contribution in [0.5, 0.6) is 0 Å². The number of hydrogen-bond donors (Lipinski definition) is 2. The van der Waals surface area contributed by atoms with Gasteiger partial charge in [0, 0.05) is 19.6 Å². The lowest BCUT2D eigenvalue weighted by Gasteiger charge is -2.35. The molecule has 2 aromatic rings. The third kappa shape index (κ3) is 3.62. The van der Waals surface area contributed by atoms with Crippen LogP contribution in [0.15, 0.2) is 48.5 Å². The summed E-state index contributed by atoms with van der Waals surface area (Å²) in [7, 11) is 1.38. The highest BCUT2D eigenvalue weighted by Gasteiger charge is 2.67. The monoisotopic (exact) mass is 464 g/mol. The van der Waals surface area contributed by atoms with Crippen molar-refractivity contribution in [2.45, 2.75) is 36.8 Å². The largest absolute Gasteiger partial charge is 0.479 e. The van der Waals surface area contributed by atoms with Crippen LogP contribution in [-0.2, 0) is 19.1 Å². The Bertz CT molecular complexity index is 1090. The maximum Gasteiger partial charge on any atom is 0.407 e. The Morgan fingerprint density at radius 2 is 1.76 bits per heavy atom. The van der Waals surface area contributed by atoms with Crippen molar-refractivity contribution in [2.75, 3.05) is 26.8 Å². The van der Waals surface area contributed by atoms with Gasteiger partial charge in [-0.25, -0.2) is 9.59 Å². The van der Waals surface area contributed by atoms with Gasteiger partial charge in [-0.05, 0) is 47.4 Å². The van der Waals surface area contributed by atoms with Crippen LogP contribution in [0.25, 0.3) is 11.1 Å². The van der Waals surface area contributed by atoms with Crippen LogP contribution in [0.1, 0.15) is 36.3 Å². The summed E-state index contributed by atoms with van der Waals surface area (Å²) in [4.78, 5) is 38.9. The van der Waals surface area contributed by atoms with E-state index in [0.717, 1.165) is 35.1 Å². The van der Waals surface area contributed by atoms with E-state index < -0.39 is 29.6 Å². The molecule has 2 amide bonds. The third-order valence-corrected chi connectivity index (χ3v) is 7.46. The number of carboxylic acid groups (broad SMARTS) is 1. The molecule has 2 N–H and O–H groups in total. The minimum atomic E-state index is -1.12. The van der Waals surface area contributed by atoms with E-state index in [2.05, 4.69) is 17.4 Å². The fourth-order valence-electron chi connectivity index (χ4n) is 5.64. The Morgan fingerprint density at radius 1 is 1.12 bits per heavy atom. The lowest BCUT2D eigenvalue weighted by molar-refractivity contribution is -0.159. The minimum absolute atomic E-state index is 0.00435. The van der Waals surface area contributed by atoms with E-state index in [1.807, 2.05) is 36.4 Å². The van der Waals surface area contributed by atoms with Crippen molar-refractivity contribution in [3.63, 3.8) is 0 Å². The van der Waals surface area contributed by atoms with Gasteiger partial charge in [0.05, 0.1) is 6.54 Å². The minimum Gasteiger partial charge on any atom is -0.479 e. The molecule has 2 aliphatic carbocycles. The van der Waals surface area contributed by atoms with Crippen molar-refractivity contribution < 1.29 is 29.0 Å². The molecular formula is C26H28N2O6. The fourth-order valence-corrected chi connectivity index (χ4v) is 5.64. The van der Waals surface area contributed by atoms with Gasteiger partial charge in [-0.2, -0.15) is 0 Å². The molecule has 1 aliphatic heterocycles. The number of aliphatic carboxylic acids is 1. The zero-order valence-corrected chi connectivity index (χ0v) is 19.0. The number of nitrogens with one attached hydrogen (secondary N) is 1. The number of carbonyl (C=O) groups excluding carboxylic acids is 2. The van der Waals surface area contributed by atoms with E-state index in [1.165, 1.54) is 12.0 Å². The maximum atomic E-state index is 13.1. The maximum absolute atomic E-state index is 13.1. The van der Waals surface area contributed by atoms with Crippen LogP contribution in [0.2, 0.25) is 0 Å². The summed E-state index contributed by atoms with van der Waals surface area (Å²) in [6.45, 7) is 0.455. The van der Waals surface area contributed by atoms with Crippen LogP contribution in [0.3, 0.4) is 0 Å². The highest BCUT2D eigenvalue weighted by molar-refractivity contribution is 5.92. The first-order valence-electron chi connectivity index (χ1n) is 11.6. The molecule has 1 saturated carbocycles. The third-order valence-electron chi connectivity index (χ3n) is 7.46. The van der Waals surface area contributed by atoms with E-state index in [4.69, 9.17) is 9.47 Å². The zero-order chi connectivity index (χ0) is 23.9. The second-order valence-electron chi connectivity index (χ2n) is 9.19. The van der Waals surface area contributed by atoms with E-state index >= 15 is 0 Å². The second kappa shape index (κ2) is 8.76. The smallest absolute Gasteiger partial charge is 0.407 e. The predicted molar refractivity (Wildman–Crippen MR) is 123 cm³/mol. The quantitative estimate of drug-likeness (QED) is 0.653. The zero-order valence-electron chi connectivity index (χ0n) is 19.0. The number of methoxy groups -OCH3 is 1. The molecule has 34 heavy (non-hydrogen) atoms. The number of likely N-dealkylation sites (tertiary alicyclic amines) is 1. The van der Waals surface area contributed by atoms with E-state index in [0.29, 0.717) is 13.0 Å². The Kier molecular flexibility index (Phi) is 5.77. The number of piperidine rings is 1. The summed E-state index contributed by atoms with van der Waals surface area (Å²) in [5.41, 5.74) is 3.40. The summed E-state index contributed by atoms with van der Waals surface area (Å²) < 4.78 is 10.8. The van der Waals surface area contributed by atoms with E-state index in [-0.39, 0.29) is 25.0 Å². The molecule has 8 heteroatoms. The van der Waals surface area contributed by atoms with Crippen molar-refractivity contribution in [3.8, 4) is 11.1 Å². The summed E-state index contributed by atoms with van der Waals surface area (Å²) in [6, 6.07) is 16.2. The molecule has 5 rings (SSSR count). The first-order valence-corrected chi connectivity index (χ1v) is 11.6. The first kappa shape index (κ1) is 22.4. The van der Waals surface area contributed by atoms with Gasteiger partial charge in [-0.3, -0.25) is 4.79 Å². The van der Waals surface area contributed by atoms with Crippen LogP contribution >= 0.6 is 0 Å². The normalized spacial score (nSPS) is 23.3. The van der Waals surface area contributed by atoms with Crippen molar-refractivity contribution in [3.05, 3.63) is 59.7 Å². The fraction of sp³-hybridized carbons (Fsp3) is 0.423. The molecule has 0 radical (unpaired) electrons. The Balaban J connectivity index is 1.19. The van der Waals surface area contributed by atoms with Crippen molar-refractivity contribution in [1.29, 1.82) is 0 Å². The van der Waals surface area contributed by atoms with E-state index in [9.17, 15) is 19.5 Å². The Labute approximate surface area is 197 Å². The average molecular weight is 465 g/mol. The molecule has 1 heterocycles. The predicted octanol–water partition coefficient (Wildman–Crippen LogP) is 3.01. The van der Waals surface area contributed by atoms with Crippen molar-refractivity contribution in [1.82, 2.24) is 10.2 Å². The summed E-state index contributed by atoms with van der Waals surface area (Å²) >= 11 is 0. The van der Waals surface area contributed by atoms with E-state index in [1.54, 1.807) is 0 Å². The van der Waals surface area contributed by atoms with Gasteiger partial charge in [0.25, 0.3) is 5.91 Å².